The third-order valence-corrected chi connectivity index (χ3v) is 7.18. The lowest BCUT2D eigenvalue weighted by atomic mass is 10.1. The predicted octanol–water partition coefficient (Wildman–Crippen LogP) is 3.95. The molecule has 1 aliphatic rings. The number of carbonyl (C=O) groups is 1. The third kappa shape index (κ3) is 8.12. The van der Waals surface area contributed by atoms with Crippen LogP contribution in [0.25, 0.3) is 0 Å². The lowest BCUT2D eigenvalue weighted by molar-refractivity contribution is -0.117. The van der Waals surface area contributed by atoms with Gasteiger partial charge in [0.25, 0.3) is 0 Å². The first-order chi connectivity index (χ1) is 15.1. The molecule has 2 heterocycles. The van der Waals surface area contributed by atoms with Gasteiger partial charge in [-0.05, 0) is 62.5 Å². The topological polar surface area (TPSA) is 67.9 Å². The van der Waals surface area contributed by atoms with E-state index < -0.39 is 10.8 Å². The van der Waals surface area contributed by atoms with E-state index in [1.807, 2.05) is 6.08 Å². The number of hydrogen-bond acceptors (Lipinski definition) is 6. The van der Waals surface area contributed by atoms with E-state index in [-0.39, 0.29) is 11.7 Å². The van der Waals surface area contributed by atoms with Crippen molar-refractivity contribution in [1.29, 1.82) is 0 Å². The maximum absolute atomic E-state index is 12.2. The molecule has 1 aliphatic heterocycles. The highest BCUT2D eigenvalue weighted by molar-refractivity contribution is 7.85. The maximum atomic E-state index is 12.2. The van der Waals surface area contributed by atoms with Crippen LogP contribution in [0.2, 0.25) is 0 Å². The van der Waals surface area contributed by atoms with Crippen molar-refractivity contribution in [2.45, 2.75) is 37.1 Å². The SMILES string of the molecule is COc1ccc(S(=O)CC(=O)N/C=C\CCOc2csc(CN3CCCCC3)c2)cc1. The van der Waals surface area contributed by atoms with Crippen LogP contribution >= 0.6 is 11.3 Å². The first-order valence-corrected chi connectivity index (χ1v) is 12.7. The van der Waals surface area contributed by atoms with Gasteiger partial charge in [-0.1, -0.05) is 12.5 Å². The van der Waals surface area contributed by atoms with Crippen molar-refractivity contribution in [1.82, 2.24) is 10.2 Å². The summed E-state index contributed by atoms with van der Waals surface area (Å²) in [5.74, 6) is 1.23. The molecular weight excluding hydrogens is 432 g/mol. The fourth-order valence-corrected chi connectivity index (χ4v) is 5.08. The second-order valence-electron chi connectivity index (χ2n) is 7.36. The Morgan fingerprint density at radius 1 is 1.19 bits per heavy atom. The Bertz CT molecular complexity index is 874. The highest BCUT2D eigenvalue weighted by Gasteiger charge is 2.12. The molecule has 31 heavy (non-hydrogen) atoms. The van der Waals surface area contributed by atoms with Gasteiger partial charge in [-0.3, -0.25) is 13.9 Å². The molecule has 0 saturated carbocycles. The first-order valence-electron chi connectivity index (χ1n) is 10.5. The molecular formula is C23H30N2O4S2. The van der Waals surface area contributed by atoms with Crippen molar-refractivity contribution in [2.75, 3.05) is 32.6 Å². The summed E-state index contributed by atoms with van der Waals surface area (Å²) < 4.78 is 23.1. The molecule has 1 amide bonds. The fourth-order valence-electron chi connectivity index (χ4n) is 3.31. The number of carbonyl (C=O) groups excluding carboxylic acids is 1. The Hall–Kier alpha value is -2.16. The molecule has 1 fully saturated rings. The minimum atomic E-state index is -1.39. The summed E-state index contributed by atoms with van der Waals surface area (Å²) >= 11 is 1.74. The van der Waals surface area contributed by atoms with Crippen LogP contribution in [0.15, 0.2) is 52.9 Å². The summed E-state index contributed by atoms with van der Waals surface area (Å²) in [4.78, 5) is 16.4. The molecule has 1 N–H and O–H groups in total. The van der Waals surface area contributed by atoms with Crippen LogP contribution in [0.4, 0.5) is 0 Å². The number of nitrogens with zero attached hydrogens (tertiary/aromatic N) is 1. The third-order valence-electron chi connectivity index (χ3n) is 4.96. The van der Waals surface area contributed by atoms with Crippen molar-refractivity contribution >= 4 is 28.0 Å². The van der Waals surface area contributed by atoms with Crippen LogP contribution in [0.1, 0.15) is 30.6 Å². The summed E-state index contributed by atoms with van der Waals surface area (Å²) in [6.45, 7) is 3.94. The highest BCUT2D eigenvalue weighted by atomic mass is 32.2. The van der Waals surface area contributed by atoms with E-state index in [2.05, 4.69) is 21.7 Å². The largest absolute Gasteiger partial charge is 0.497 e. The Kier molecular flexibility index (Phi) is 9.58. The first kappa shape index (κ1) is 23.5. The van der Waals surface area contributed by atoms with Crippen molar-refractivity contribution in [3.63, 3.8) is 0 Å². The van der Waals surface area contributed by atoms with Crippen LogP contribution in [0, 0.1) is 0 Å². The van der Waals surface area contributed by atoms with Gasteiger partial charge in [0.1, 0.15) is 17.3 Å². The molecule has 168 valence electrons. The number of thiophene rings is 1. The maximum Gasteiger partial charge on any atom is 0.236 e. The highest BCUT2D eigenvalue weighted by Crippen LogP contribution is 2.24. The Labute approximate surface area is 190 Å². The van der Waals surface area contributed by atoms with Gasteiger partial charge in [-0.25, -0.2) is 0 Å². The van der Waals surface area contributed by atoms with E-state index in [0.717, 1.165) is 12.3 Å². The molecule has 2 aromatic rings. The molecule has 0 bridgehead atoms. The van der Waals surface area contributed by atoms with E-state index in [9.17, 15) is 9.00 Å². The molecule has 0 radical (unpaired) electrons. The number of nitrogens with one attached hydrogen (secondary N) is 1. The van der Waals surface area contributed by atoms with E-state index in [4.69, 9.17) is 9.47 Å². The number of hydrogen-bond donors (Lipinski definition) is 1. The second-order valence-corrected chi connectivity index (χ2v) is 9.80. The number of rotatable bonds is 11. The van der Waals surface area contributed by atoms with Gasteiger partial charge in [0, 0.05) is 28.1 Å². The molecule has 1 unspecified atom stereocenters. The minimum Gasteiger partial charge on any atom is -0.497 e. The average molecular weight is 463 g/mol. The van der Waals surface area contributed by atoms with Crippen LogP contribution < -0.4 is 14.8 Å². The van der Waals surface area contributed by atoms with Gasteiger partial charge < -0.3 is 14.8 Å². The van der Waals surface area contributed by atoms with Crippen molar-refractivity contribution < 1.29 is 18.5 Å². The van der Waals surface area contributed by atoms with Gasteiger partial charge in [-0.15, -0.1) is 11.3 Å². The zero-order valence-corrected chi connectivity index (χ0v) is 19.5. The number of methoxy groups -OCH3 is 1. The molecule has 1 aromatic heterocycles. The van der Waals surface area contributed by atoms with E-state index in [1.54, 1.807) is 48.9 Å². The molecule has 0 spiro atoms. The number of ether oxygens (including phenoxy) is 2. The van der Waals surface area contributed by atoms with Crippen LogP contribution in [0.3, 0.4) is 0 Å². The summed E-state index contributed by atoms with van der Waals surface area (Å²) in [6.07, 6.45) is 8.06. The summed E-state index contributed by atoms with van der Waals surface area (Å²) in [5, 5.41) is 4.71. The van der Waals surface area contributed by atoms with Crippen LogP contribution in [0.5, 0.6) is 11.5 Å². The quantitative estimate of drug-likeness (QED) is 0.512. The van der Waals surface area contributed by atoms with Crippen LogP contribution in [-0.2, 0) is 22.1 Å². The lowest BCUT2D eigenvalue weighted by Gasteiger charge is -2.25. The zero-order chi connectivity index (χ0) is 21.9. The summed E-state index contributed by atoms with van der Waals surface area (Å²) in [5.41, 5.74) is 0. The van der Waals surface area contributed by atoms with E-state index in [0.29, 0.717) is 23.7 Å². The monoisotopic (exact) mass is 462 g/mol. The van der Waals surface area contributed by atoms with Gasteiger partial charge in [0.2, 0.25) is 5.91 Å². The lowest BCUT2D eigenvalue weighted by Crippen LogP contribution is -2.28. The molecule has 6 nitrogen and oxygen atoms in total. The summed E-state index contributed by atoms with van der Waals surface area (Å²) in [6, 6.07) is 9.00. The molecule has 1 saturated heterocycles. The van der Waals surface area contributed by atoms with Gasteiger partial charge in [0.05, 0.1) is 24.5 Å². The van der Waals surface area contributed by atoms with Gasteiger partial charge >= 0.3 is 0 Å². The molecule has 0 aliphatic carbocycles. The number of amides is 1. The number of benzene rings is 1. The minimum absolute atomic E-state index is 0.0815. The Morgan fingerprint density at radius 2 is 1.97 bits per heavy atom. The normalized spacial score (nSPS) is 15.6. The van der Waals surface area contributed by atoms with Gasteiger partial charge in [0.15, 0.2) is 0 Å². The summed E-state index contributed by atoms with van der Waals surface area (Å²) in [7, 11) is 0.188. The predicted molar refractivity (Wildman–Crippen MR) is 125 cm³/mol. The number of likely N-dealkylation sites (tertiary alicyclic amines) is 1. The second kappa shape index (κ2) is 12.6. The van der Waals surface area contributed by atoms with E-state index >= 15 is 0 Å². The smallest absolute Gasteiger partial charge is 0.236 e. The van der Waals surface area contributed by atoms with Crippen LogP contribution in [-0.4, -0.2) is 47.6 Å². The van der Waals surface area contributed by atoms with Crippen molar-refractivity contribution in [3.8, 4) is 11.5 Å². The standard InChI is InChI=1S/C23H30N2O4S2/c1-28-19-7-9-22(10-8-19)31(27)18-23(26)24-11-3-6-14-29-20-15-21(30-17-20)16-25-12-4-2-5-13-25/h3,7-11,15,17H,2,4-6,12-14,16,18H2,1H3,(H,24,26)/b11-3-. The number of piperidine rings is 1. The zero-order valence-electron chi connectivity index (χ0n) is 17.9. The Morgan fingerprint density at radius 3 is 2.71 bits per heavy atom. The molecule has 1 atom stereocenters. The van der Waals surface area contributed by atoms with Gasteiger partial charge in [-0.2, -0.15) is 0 Å². The molecule has 8 heteroatoms. The molecule has 3 rings (SSSR count). The van der Waals surface area contributed by atoms with E-state index in [1.165, 1.54) is 37.2 Å². The average Bonchev–Trinajstić information content (AvgIpc) is 3.24. The Balaban J connectivity index is 1.30. The molecule has 1 aromatic carbocycles. The van der Waals surface area contributed by atoms with Crippen molar-refractivity contribution in [3.05, 3.63) is 52.9 Å². The fraction of sp³-hybridized carbons (Fsp3) is 0.435. The van der Waals surface area contributed by atoms with Crippen molar-refractivity contribution in [2.24, 2.45) is 0 Å².